The van der Waals surface area contributed by atoms with Gasteiger partial charge in [-0.15, -0.1) is 0 Å². The van der Waals surface area contributed by atoms with E-state index in [4.69, 9.17) is 4.74 Å². The van der Waals surface area contributed by atoms with Gasteiger partial charge in [-0.25, -0.2) is 8.78 Å². The maximum atomic E-state index is 13.5. The van der Waals surface area contributed by atoms with E-state index < -0.39 is 23.2 Å². The molecule has 0 N–H and O–H groups in total. The van der Waals surface area contributed by atoms with Crippen molar-refractivity contribution in [1.29, 1.82) is 0 Å². The van der Waals surface area contributed by atoms with E-state index in [1.807, 2.05) is 0 Å². The van der Waals surface area contributed by atoms with Gasteiger partial charge in [-0.1, -0.05) is 28.1 Å². The van der Waals surface area contributed by atoms with Gasteiger partial charge in [-0.05, 0) is 23.8 Å². The Balaban J connectivity index is 2.28. The van der Waals surface area contributed by atoms with E-state index in [1.165, 1.54) is 18.2 Å². The molecule has 0 aliphatic heterocycles. The Labute approximate surface area is 127 Å². The summed E-state index contributed by atoms with van der Waals surface area (Å²) in [6.07, 6.45) is 0. The third-order valence-corrected chi connectivity index (χ3v) is 3.46. The maximum absolute atomic E-state index is 13.5. The first-order valence-corrected chi connectivity index (χ1v) is 7.04. The molecule has 0 fully saturated rings. The monoisotopic (exact) mass is 357 g/mol. The van der Waals surface area contributed by atoms with E-state index in [-0.39, 0.29) is 17.0 Å². The van der Waals surface area contributed by atoms with Crippen LogP contribution >= 0.6 is 15.9 Å². The molecule has 0 amide bonds. The third-order valence-electron chi connectivity index (χ3n) is 2.81. The van der Waals surface area contributed by atoms with Crippen molar-refractivity contribution in [2.75, 3.05) is 0 Å². The highest BCUT2D eigenvalue weighted by atomic mass is 79.9. The lowest BCUT2D eigenvalue weighted by Gasteiger charge is -2.09. The van der Waals surface area contributed by atoms with Crippen LogP contribution in [0.5, 0.6) is 5.75 Å². The van der Waals surface area contributed by atoms with Gasteiger partial charge in [-0.3, -0.25) is 10.1 Å². The summed E-state index contributed by atoms with van der Waals surface area (Å²) >= 11 is 3.23. The van der Waals surface area contributed by atoms with Gasteiger partial charge in [0.05, 0.1) is 10.5 Å². The van der Waals surface area contributed by atoms with E-state index in [9.17, 15) is 18.9 Å². The quantitative estimate of drug-likeness (QED) is 0.454. The van der Waals surface area contributed by atoms with E-state index in [1.54, 1.807) is 6.07 Å². The van der Waals surface area contributed by atoms with Crippen LogP contribution in [-0.2, 0) is 11.9 Å². The van der Waals surface area contributed by atoms with Crippen LogP contribution in [0.25, 0.3) is 0 Å². The summed E-state index contributed by atoms with van der Waals surface area (Å²) < 4.78 is 32.2. The first-order chi connectivity index (χ1) is 10.0. The Bertz CT molecular complexity index is 659. The minimum atomic E-state index is -0.755. The largest absolute Gasteiger partial charge is 0.482 e. The fourth-order valence-electron chi connectivity index (χ4n) is 1.73. The molecule has 7 heteroatoms. The summed E-state index contributed by atoms with van der Waals surface area (Å²) in [6.45, 7) is -0.426. The molecule has 2 aromatic rings. The average molecular weight is 358 g/mol. The van der Waals surface area contributed by atoms with E-state index >= 15 is 0 Å². The van der Waals surface area contributed by atoms with Crippen molar-refractivity contribution >= 4 is 21.6 Å². The lowest BCUT2D eigenvalue weighted by Crippen LogP contribution is -2.04. The number of benzene rings is 2. The SMILES string of the molecule is O=[N+]([O-])c1ccc(CBr)cc1OCc1c(F)cccc1F. The van der Waals surface area contributed by atoms with Crippen molar-refractivity contribution in [3.63, 3.8) is 0 Å². The molecule has 0 aliphatic rings. The molecule has 0 heterocycles. The van der Waals surface area contributed by atoms with Gasteiger partial charge >= 0.3 is 5.69 Å². The van der Waals surface area contributed by atoms with Crippen molar-refractivity contribution in [3.8, 4) is 5.75 Å². The van der Waals surface area contributed by atoms with Gasteiger partial charge in [-0.2, -0.15) is 0 Å². The number of nitro groups is 1. The third kappa shape index (κ3) is 3.55. The molecule has 0 unspecified atom stereocenters. The van der Waals surface area contributed by atoms with Gasteiger partial charge in [0.25, 0.3) is 0 Å². The Morgan fingerprint density at radius 2 is 1.86 bits per heavy atom. The number of nitrogens with zero attached hydrogens (tertiary/aromatic N) is 1. The second-order valence-electron chi connectivity index (χ2n) is 4.18. The highest BCUT2D eigenvalue weighted by molar-refractivity contribution is 9.08. The molecule has 0 saturated carbocycles. The van der Waals surface area contributed by atoms with E-state index in [0.29, 0.717) is 5.33 Å². The van der Waals surface area contributed by atoms with Crippen LogP contribution in [0.1, 0.15) is 11.1 Å². The summed E-state index contributed by atoms with van der Waals surface area (Å²) in [5.74, 6) is -1.54. The van der Waals surface area contributed by atoms with Gasteiger partial charge in [0.1, 0.15) is 18.2 Å². The molecule has 2 aromatic carbocycles. The lowest BCUT2D eigenvalue weighted by atomic mass is 10.2. The number of halogens is 3. The number of rotatable bonds is 5. The Hall–Kier alpha value is -2.02. The molecule has 0 aliphatic carbocycles. The van der Waals surface area contributed by atoms with Crippen molar-refractivity contribution < 1.29 is 18.4 Å². The lowest BCUT2D eigenvalue weighted by molar-refractivity contribution is -0.386. The molecule has 0 atom stereocenters. The standard InChI is InChI=1S/C14H10BrF2NO3/c15-7-9-4-5-13(18(19)20)14(6-9)21-8-10-11(16)2-1-3-12(10)17/h1-6H,7-8H2. The average Bonchev–Trinajstić information content (AvgIpc) is 2.46. The summed E-state index contributed by atoms with van der Waals surface area (Å²) in [7, 11) is 0. The predicted molar refractivity (Wildman–Crippen MR) is 76.4 cm³/mol. The van der Waals surface area contributed by atoms with Crippen LogP contribution in [0.15, 0.2) is 36.4 Å². The minimum Gasteiger partial charge on any atom is -0.482 e. The van der Waals surface area contributed by atoms with Gasteiger partial charge < -0.3 is 4.74 Å². The number of nitro benzene ring substituents is 1. The van der Waals surface area contributed by atoms with Crippen LogP contribution in [0, 0.1) is 21.7 Å². The molecular weight excluding hydrogens is 348 g/mol. The summed E-state index contributed by atoms with van der Waals surface area (Å²) in [4.78, 5) is 10.3. The number of hydrogen-bond acceptors (Lipinski definition) is 3. The Kier molecular flexibility index (Phi) is 4.85. The highest BCUT2D eigenvalue weighted by Crippen LogP contribution is 2.30. The predicted octanol–water partition coefficient (Wildman–Crippen LogP) is 4.35. The van der Waals surface area contributed by atoms with Crippen LogP contribution in [-0.4, -0.2) is 4.92 Å². The molecule has 0 saturated heterocycles. The summed E-state index contributed by atoms with van der Waals surface area (Å²) in [5, 5.41) is 11.4. The molecule has 21 heavy (non-hydrogen) atoms. The molecule has 2 rings (SSSR count). The summed E-state index contributed by atoms with van der Waals surface area (Å²) in [6, 6.07) is 7.77. The number of alkyl halides is 1. The van der Waals surface area contributed by atoms with Crippen molar-refractivity contribution in [3.05, 3.63) is 69.3 Å². The molecule has 4 nitrogen and oxygen atoms in total. The van der Waals surface area contributed by atoms with Crippen LogP contribution in [0.3, 0.4) is 0 Å². The zero-order chi connectivity index (χ0) is 15.4. The van der Waals surface area contributed by atoms with Gasteiger partial charge in [0.15, 0.2) is 5.75 Å². The molecule has 0 aromatic heterocycles. The topological polar surface area (TPSA) is 52.4 Å². The zero-order valence-corrected chi connectivity index (χ0v) is 12.3. The van der Waals surface area contributed by atoms with Crippen LogP contribution < -0.4 is 4.74 Å². The van der Waals surface area contributed by atoms with E-state index in [2.05, 4.69) is 15.9 Å². The van der Waals surface area contributed by atoms with Crippen LogP contribution in [0.4, 0.5) is 14.5 Å². The second-order valence-corrected chi connectivity index (χ2v) is 4.74. The molecule has 0 radical (unpaired) electrons. The highest BCUT2D eigenvalue weighted by Gasteiger charge is 2.17. The molecule has 110 valence electrons. The number of hydrogen-bond donors (Lipinski definition) is 0. The zero-order valence-electron chi connectivity index (χ0n) is 10.7. The van der Waals surface area contributed by atoms with E-state index in [0.717, 1.165) is 17.7 Å². The van der Waals surface area contributed by atoms with Crippen molar-refractivity contribution in [2.45, 2.75) is 11.9 Å². The van der Waals surface area contributed by atoms with Crippen LogP contribution in [0.2, 0.25) is 0 Å². The maximum Gasteiger partial charge on any atom is 0.310 e. The van der Waals surface area contributed by atoms with Crippen molar-refractivity contribution in [1.82, 2.24) is 0 Å². The molecular formula is C14H10BrF2NO3. The smallest absolute Gasteiger partial charge is 0.310 e. The van der Waals surface area contributed by atoms with Crippen molar-refractivity contribution in [2.24, 2.45) is 0 Å². The second kappa shape index (κ2) is 6.62. The van der Waals surface area contributed by atoms with Gasteiger partial charge in [0, 0.05) is 11.4 Å². The fraction of sp³-hybridized carbons (Fsp3) is 0.143. The molecule has 0 bridgehead atoms. The molecule has 0 spiro atoms. The van der Waals surface area contributed by atoms with Gasteiger partial charge in [0.2, 0.25) is 0 Å². The normalized spacial score (nSPS) is 10.4. The Morgan fingerprint density at radius 1 is 1.19 bits per heavy atom. The Morgan fingerprint density at radius 3 is 2.43 bits per heavy atom. The minimum absolute atomic E-state index is 0.0281. The first kappa shape index (κ1) is 15.4. The summed E-state index contributed by atoms with van der Waals surface area (Å²) in [5.41, 5.74) is 0.233. The fourth-order valence-corrected chi connectivity index (χ4v) is 2.08. The number of ether oxygens (including phenoxy) is 1. The first-order valence-electron chi connectivity index (χ1n) is 5.92.